The van der Waals surface area contributed by atoms with Crippen molar-refractivity contribution < 1.29 is 8.78 Å². The lowest BCUT2D eigenvalue weighted by Gasteiger charge is -2.11. The van der Waals surface area contributed by atoms with E-state index in [9.17, 15) is 8.78 Å². The number of benzene rings is 1. The van der Waals surface area contributed by atoms with Crippen LogP contribution in [0.2, 0.25) is 0 Å². The molecule has 1 aliphatic rings. The van der Waals surface area contributed by atoms with Gasteiger partial charge >= 0.3 is 0 Å². The zero-order chi connectivity index (χ0) is 11.1. The summed E-state index contributed by atoms with van der Waals surface area (Å²) in [5.74, 6) is -1.66. The minimum absolute atomic E-state index is 0.287. The van der Waals surface area contributed by atoms with Crippen LogP contribution in [0.15, 0.2) is 18.5 Å². The van der Waals surface area contributed by atoms with Crippen LogP contribution in [0.25, 0.3) is 11.0 Å². The van der Waals surface area contributed by atoms with Gasteiger partial charge in [-0.25, -0.2) is 13.8 Å². The van der Waals surface area contributed by atoms with Crippen LogP contribution in [0.4, 0.5) is 8.78 Å². The zero-order valence-electron chi connectivity index (χ0n) is 8.58. The summed E-state index contributed by atoms with van der Waals surface area (Å²) in [5, 5.41) is 3.23. The summed E-state index contributed by atoms with van der Waals surface area (Å²) >= 11 is 0. The Morgan fingerprint density at radius 3 is 2.88 bits per heavy atom. The lowest BCUT2D eigenvalue weighted by molar-refractivity contribution is 0.508. The normalized spacial score (nSPS) is 20.8. The molecule has 1 atom stereocenters. The summed E-state index contributed by atoms with van der Waals surface area (Å²) in [6, 6.07) is 2.65. The van der Waals surface area contributed by atoms with Crippen molar-refractivity contribution in [3.63, 3.8) is 0 Å². The van der Waals surface area contributed by atoms with Gasteiger partial charge in [-0.15, -0.1) is 0 Å². The Hall–Kier alpha value is -1.49. The first-order valence-electron chi connectivity index (χ1n) is 5.28. The summed E-state index contributed by atoms with van der Waals surface area (Å²) in [7, 11) is 0. The van der Waals surface area contributed by atoms with E-state index in [2.05, 4.69) is 10.3 Å². The van der Waals surface area contributed by atoms with E-state index in [0.29, 0.717) is 11.0 Å². The fourth-order valence-electron chi connectivity index (χ4n) is 2.19. The average Bonchev–Trinajstić information content (AvgIpc) is 2.87. The molecule has 1 unspecified atom stereocenters. The maximum Gasteiger partial charge on any atom is 0.161 e. The Morgan fingerprint density at radius 1 is 1.31 bits per heavy atom. The van der Waals surface area contributed by atoms with E-state index in [1.54, 1.807) is 6.33 Å². The van der Waals surface area contributed by atoms with Crippen LogP contribution in [0.5, 0.6) is 0 Å². The fraction of sp³-hybridized carbons (Fsp3) is 0.364. The second-order valence-corrected chi connectivity index (χ2v) is 4.05. The molecule has 0 amide bonds. The van der Waals surface area contributed by atoms with E-state index < -0.39 is 11.6 Å². The number of nitrogens with one attached hydrogen (secondary N) is 1. The SMILES string of the molecule is Fc1cc2ncn(C3CCNC3)c2cc1F. The second-order valence-electron chi connectivity index (χ2n) is 4.05. The number of halogens is 2. The maximum absolute atomic E-state index is 13.2. The van der Waals surface area contributed by atoms with Gasteiger partial charge in [-0.05, 0) is 13.0 Å². The van der Waals surface area contributed by atoms with Gasteiger partial charge in [-0.3, -0.25) is 0 Å². The highest BCUT2D eigenvalue weighted by Crippen LogP contribution is 2.23. The quantitative estimate of drug-likeness (QED) is 0.799. The Balaban J connectivity index is 2.15. The van der Waals surface area contributed by atoms with E-state index in [1.807, 2.05) is 4.57 Å². The lowest BCUT2D eigenvalue weighted by Crippen LogP contribution is -2.12. The van der Waals surface area contributed by atoms with Gasteiger partial charge in [0.15, 0.2) is 11.6 Å². The van der Waals surface area contributed by atoms with Crippen LogP contribution in [-0.2, 0) is 0 Å². The third-order valence-electron chi connectivity index (χ3n) is 3.04. The smallest absolute Gasteiger partial charge is 0.161 e. The van der Waals surface area contributed by atoms with Crippen LogP contribution in [-0.4, -0.2) is 22.6 Å². The maximum atomic E-state index is 13.2. The molecule has 3 rings (SSSR count). The van der Waals surface area contributed by atoms with E-state index in [1.165, 1.54) is 6.07 Å². The molecule has 0 radical (unpaired) electrons. The van der Waals surface area contributed by atoms with Crippen LogP contribution in [0.1, 0.15) is 12.5 Å². The molecule has 0 bridgehead atoms. The van der Waals surface area contributed by atoms with E-state index >= 15 is 0 Å². The highest BCUT2D eigenvalue weighted by atomic mass is 19.2. The largest absolute Gasteiger partial charge is 0.326 e. The van der Waals surface area contributed by atoms with Gasteiger partial charge in [0.05, 0.1) is 17.4 Å². The molecular formula is C11H11F2N3. The molecule has 3 nitrogen and oxygen atoms in total. The number of rotatable bonds is 1. The van der Waals surface area contributed by atoms with Crippen molar-refractivity contribution in [2.75, 3.05) is 13.1 Å². The van der Waals surface area contributed by atoms with Crippen LogP contribution >= 0.6 is 0 Å². The van der Waals surface area contributed by atoms with E-state index in [0.717, 1.165) is 25.6 Å². The summed E-state index contributed by atoms with van der Waals surface area (Å²) in [6.45, 7) is 1.80. The minimum atomic E-state index is -0.845. The summed E-state index contributed by atoms with van der Waals surface area (Å²) < 4.78 is 28.1. The van der Waals surface area contributed by atoms with Crippen LogP contribution < -0.4 is 5.32 Å². The first kappa shape index (κ1) is 9.72. The molecule has 16 heavy (non-hydrogen) atoms. The predicted molar refractivity (Wildman–Crippen MR) is 56.2 cm³/mol. The van der Waals surface area contributed by atoms with Crippen LogP contribution in [0.3, 0.4) is 0 Å². The fourth-order valence-corrected chi connectivity index (χ4v) is 2.19. The van der Waals surface area contributed by atoms with Gasteiger partial charge in [0.1, 0.15) is 0 Å². The van der Waals surface area contributed by atoms with Gasteiger partial charge < -0.3 is 9.88 Å². The molecule has 1 aromatic carbocycles. The standard InChI is InChI=1S/C11H11F2N3/c12-8-3-10-11(4-9(8)13)16(6-15-10)7-1-2-14-5-7/h3-4,6-7,14H,1-2,5H2. The Bertz CT molecular complexity index is 529. The summed E-state index contributed by atoms with van der Waals surface area (Å²) in [5.41, 5.74) is 1.17. The highest BCUT2D eigenvalue weighted by molar-refractivity contribution is 5.75. The molecule has 2 heterocycles. The summed E-state index contributed by atoms with van der Waals surface area (Å²) in [6.07, 6.45) is 2.64. The molecule has 0 spiro atoms. The first-order chi connectivity index (χ1) is 7.75. The predicted octanol–water partition coefficient (Wildman–Crippen LogP) is 1.85. The number of imidazole rings is 1. The molecule has 0 aliphatic carbocycles. The molecule has 1 fully saturated rings. The van der Waals surface area contributed by atoms with Gasteiger partial charge in [-0.2, -0.15) is 0 Å². The highest BCUT2D eigenvalue weighted by Gasteiger charge is 2.19. The first-order valence-corrected chi connectivity index (χ1v) is 5.28. The monoisotopic (exact) mass is 223 g/mol. The number of aromatic nitrogens is 2. The molecule has 1 saturated heterocycles. The Kier molecular flexibility index (Phi) is 2.14. The van der Waals surface area contributed by atoms with Crippen molar-refractivity contribution in [2.24, 2.45) is 0 Å². The molecule has 1 aliphatic heterocycles. The molecule has 84 valence electrons. The molecule has 1 N–H and O–H groups in total. The summed E-state index contributed by atoms with van der Waals surface area (Å²) in [4.78, 5) is 4.09. The van der Waals surface area contributed by atoms with Gasteiger partial charge in [0.2, 0.25) is 0 Å². The van der Waals surface area contributed by atoms with Gasteiger partial charge in [0.25, 0.3) is 0 Å². The van der Waals surface area contributed by atoms with E-state index in [4.69, 9.17) is 0 Å². The Morgan fingerprint density at radius 2 is 2.12 bits per heavy atom. The van der Waals surface area contributed by atoms with Crippen molar-refractivity contribution in [1.82, 2.24) is 14.9 Å². The zero-order valence-corrected chi connectivity index (χ0v) is 8.58. The number of nitrogens with zero attached hydrogens (tertiary/aromatic N) is 2. The van der Waals surface area contributed by atoms with Crippen molar-refractivity contribution in [1.29, 1.82) is 0 Å². The molecule has 2 aromatic rings. The van der Waals surface area contributed by atoms with Gasteiger partial charge in [0, 0.05) is 24.7 Å². The number of hydrogen-bond donors (Lipinski definition) is 1. The van der Waals surface area contributed by atoms with Crippen LogP contribution in [0, 0.1) is 11.6 Å². The van der Waals surface area contributed by atoms with Crippen molar-refractivity contribution in [2.45, 2.75) is 12.5 Å². The minimum Gasteiger partial charge on any atom is -0.326 e. The number of hydrogen-bond acceptors (Lipinski definition) is 2. The molecular weight excluding hydrogens is 212 g/mol. The second kappa shape index (κ2) is 3.52. The van der Waals surface area contributed by atoms with Crippen molar-refractivity contribution in [3.8, 4) is 0 Å². The molecule has 1 aromatic heterocycles. The Labute approximate surface area is 91.1 Å². The molecule has 0 saturated carbocycles. The van der Waals surface area contributed by atoms with Crippen molar-refractivity contribution >= 4 is 11.0 Å². The molecule has 5 heteroatoms. The van der Waals surface area contributed by atoms with Crippen molar-refractivity contribution in [3.05, 3.63) is 30.1 Å². The lowest BCUT2D eigenvalue weighted by atomic mass is 10.2. The average molecular weight is 223 g/mol. The third kappa shape index (κ3) is 1.39. The topological polar surface area (TPSA) is 29.9 Å². The number of fused-ring (bicyclic) bond motifs is 1. The third-order valence-corrected chi connectivity index (χ3v) is 3.04. The van der Waals surface area contributed by atoms with E-state index in [-0.39, 0.29) is 6.04 Å². The van der Waals surface area contributed by atoms with Gasteiger partial charge in [-0.1, -0.05) is 0 Å².